The van der Waals surface area contributed by atoms with E-state index in [1.807, 2.05) is 0 Å². The molecule has 0 N–H and O–H groups in total. The van der Waals surface area contributed by atoms with Gasteiger partial charge in [-0.1, -0.05) is 36.4 Å². The minimum atomic E-state index is 0.333. The molecule has 0 heterocycles. The van der Waals surface area contributed by atoms with Crippen LogP contribution >= 0.6 is 0 Å². The van der Waals surface area contributed by atoms with Gasteiger partial charge in [0.05, 0.1) is 0 Å². The molecule has 1 fully saturated rings. The molecule has 0 atom stereocenters. The van der Waals surface area contributed by atoms with E-state index in [0.717, 1.165) is 43.7 Å². The molecule has 164 valence electrons. The average Bonchev–Trinajstić information content (AvgIpc) is 2.79. The fourth-order valence-corrected chi connectivity index (χ4v) is 4.30. The fourth-order valence-electron chi connectivity index (χ4n) is 4.30. The van der Waals surface area contributed by atoms with Gasteiger partial charge in [0, 0.05) is 50.4 Å². The van der Waals surface area contributed by atoms with E-state index in [4.69, 9.17) is 0 Å². The molecule has 31 heavy (non-hydrogen) atoms. The maximum absolute atomic E-state index is 12.2. The highest BCUT2D eigenvalue weighted by molar-refractivity contribution is 5.87. The van der Waals surface area contributed by atoms with Gasteiger partial charge >= 0.3 is 0 Å². The monoisotopic (exact) mass is 416 g/mol. The van der Waals surface area contributed by atoms with Crippen molar-refractivity contribution in [1.82, 2.24) is 0 Å². The second-order valence-electron chi connectivity index (χ2n) is 8.08. The molecule has 2 aromatic rings. The first-order valence-corrected chi connectivity index (χ1v) is 11.7. The van der Waals surface area contributed by atoms with Gasteiger partial charge in [-0.3, -0.25) is 4.79 Å². The Morgan fingerprint density at radius 2 is 1.06 bits per heavy atom. The van der Waals surface area contributed by atoms with E-state index in [1.54, 1.807) is 0 Å². The normalized spacial score (nSPS) is 16.7. The zero-order valence-corrected chi connectivity index (χ0v) is 19.5. The first-order chi connectivity index (χ1) is 15.1. The van der Waals surface area contributed by atoms with E-state index in [-0.39, 0.29) is 0 Å². The van der Waals surface area contributed by atoms with E-state index in [0.29, 0.717) is 18.6 Å². The molecule has 0 saturated heterocycles. The first-order valence-electron chi connectivity index (χ1n) is 11.7. The second-order valence-corrected chi connectivity index (χ2v) is 8.08. The van der Waals surface area contributed by atoms with Crippen LogP contribution in [0.2, 0.25) is 0 Å². The topological polar surface area (TPSA) is 23.6 Å². The molecule has 2 aromatic carbocycles. The van der Waals surface area contributed by atoms with Crippen molar-refractivity contribution in [2.75, 3.05) is 36.0 Å². The maximum atomic E-state index is 12.2. The summed E-state index contributed by atoms with van der Waals surface area (Å²) in [6.45, 7) is 12.8. The molecule has 0 spiro atoms. The summed E-state index contributed by atoms with van der Waals surface area (Å²) in [4.78, 5) is 16.9. The van der Waals surface area contributed by atoms with Crippen molar-refractivity contribution >= 4 is 29.3 Å². The second kappa shape index (κ2) is 11.0. The van der Waals surface area contributed by atoms with Crippen LogP contribution in [0.15, 0.2) is 59.7 Å². The molecular weight excluding hydrogens is 380 g/mol. The molecule has 3 heteroatoms. The highest BCUT2D eigenvalue weighted by Gasteiger charge is 2.18. The van der Waals surface area contributed by atoms with Crippen LogP contribution in [0.4, 0.5) is 11.4 Å². The minimum absolute atomic E-state index is 0.333. The zero-order chi connectivity index (χ0) is 22.2. The Labute approximate surface area is 188 Å². The van der Waals surface area contributed by atoms with E-state index in [2.05, 4.69) is 98.2 Å². The van der Waals surface area contributed by atoms with Crippen molar-refractivity contribution in [3.05, 3.63) is 70.8 Å². The molecule has 1 aliphatic rings. The molecule has 0 amide bonds. The SMILES string of the molecule is CCN(CC)c1ccc(C=C2CCC(=O)CC2=Cc2ccc(N(CC)CC)cc2)cc1. The Morgan fingerprint density at radius 3 is 1.48 bits per heavy atom. The molecule has 3 nitrogen and oxygen atoms in total. The van der Waals surface area contributed by atoms with Crippen molar-refractivity contribution < 1.29 is 4.79 Å². The van der Waals surface area contributed by atoms with Crippen LogP contribution in [0, 0.1) is 0 Å². The number of rotatable bonds is 8. The lowest BCUT2D eigenvalue weighted by Crippen LogP contribution is -2.21. The van der Waals surface area contributed by atoms with Crippen LogP contribution in [0.3, 0.4) is 0 Å². The lowest BCUT2D eigenvalue weighted by Gasteiger charge is -2.22. The van der Waals surface area contributed by atoms with Crippen molar-refractivity contribution in [2.24, 2.45) is 0 Å². The number of hydrogen-bond donors (Lipinski definition) is 0. The average molecular weight is 417 g/mol. The van der Waals surface area contributed by atoms with Crippen LogP contribution < -0.4 is 9.80 Å². The van der Waals surface area contributed by atoms with Crippen LogP contribution in [-0.2, 0) is 4.79 Å². The van der Waals surface area contributed by atoms with Gasteiger partial charge in [0.2, 0.25) is 0 Å². The van der Waals surface area contributed by atoms with Crippen LogP contribution in [0.25, 0.3) is 12.2 Å². The van der Waals surface area contributed by atoms with Gasteiger partial charge in [-0.15, -0.1) is 0 Å². The van der Waals surface area contributed by atoms with Gasteiger partial charge in [-0.05, 0) is 80.7 Å². The number of Topliss-reactive ketones (excluding diaryl/α,β-unsaturated/α-hetero) is 1. The molecular formula is C28H36N2O. The maximum Gasteiger partial charge on any atom is 0.137 e. The van der Waals surface area contributed by atoms with Crippen molar-refractivity contribution in [3.8, 4) is 0 Å². The summed E-state index contributed by atoms with van der Waals surface area (Å²) in [7, 11) is 0. The van der Waals surface area contributed by atoms with Gasteiger partial charge in [0.25, 0.3) is 0 Å². The number of nitrogens with zero attached hydrogens (tertiary/aromatic N) is 2. The summed E-state index contributed by atoms with van der Waals surface area (Å²) in [5.74, 6) is 0.333. The summed E-state index contributed by atoms with van der Waals surface area (Å²) < 4.78 is 0. The van der Waals surface area contributed by atoms with Crippen molar-refractivity contribution in [2.45, 2.75) is 47.0 Å². The quantitative estimate of drug-likeness (QED) is 0.484. The van der Waals surface area contributed by atoms with Gasteiger partial charge in [0.15, 0.2) is 0 Å². The van der Waals surface area contributed by atoms with Crippen molar-refractivity contribution in [1.29, 1.82) is 0 Å². The van der Waals surface area contributed by atoms with Gasteiger partial charge in [-0.2, -0.15) is 0 Å². The van der Waals surface area contributed by atoms with Gasteiger partial charge < -0.3 is 9.80 Å². The number of hydrogen-bond acceptors (Lipinski definition) is 3. The highest BCUT2D eigenvalue weighted by Crippen LogP contribution is 2.31. The molecule has 3 rings (SSSR count). The van der Waals surface area contributed by atoms with Crippen LogP contribution in [0.1, 0.15) is 58.1 Å². The Morgan fingerprint density at radius 1 is 0.645 bits per heavy atom. The summed E-state index contributed by atoms with van der Waals surface area (Å²) in [6, 6.07) is 17.5. The number of benzene rings is 2. The van der Waals surface area contributed by atoms with Crippen molar-refractivity contribution in [3.63, 3.8) is 0 Å². The third kappa shape index (κ3) is 5.88. The Bertz CT molecular complexity index is 914. The first kappa shape index (κ1) is 22.9. The number of allylic oxidation sites excluding steroid dienone is 2. The molecule has 0 aromatic heterocycles. The fraction of sp³-hybridized carbons (Fsp3) is 0.393. The predicted octanol–water partition coefficient (Wildman–Crippen LogP) is 6.60. The number of carbonyl (C=O) groups is 1. The molecule has 0 radical (unpaired) electrons. The Kier molecular flexibility index (Phi) is 8.11. The van der Waals surface area contributed by atoms with E-state index >= 15 is 0 Å². The Hall–Kier alpha value is -2.81. The lowest BCUT2D eigenvalue weighted by atomic mass is 9.86. The van der Waals surface area contributed by atoms with Crippen LogP contribution in [0.5, 0.6) is 0 Å². The summed E-state index contributed by atoms with van der Waals surface area (Å²) in [5.41, 5.74) is 7.29. The molecule has 1 aliphatic carbocycles. The van der Waals surface area contributed by atoms with Gasteiger partial charge in [-0.25, -0.2) is 0 Å². The summed E-state index contributed by atoms with van der Waals surface area (Å²) in [5, 5.41) is 0. The Balaban J connectivity index is 1.85. The van der Waals surface area contributed by atoms with Gasteiger partial charge in [0.1, 0.15) is 5.78 Å². The lowest BCUT2D eigenvalue weighted by molar-refractivity contribution is -0.118. The molecule has 0 unspecified atom stereocenters. The minimum Gasteiger partial charge on any atom is -0.372 e. The van der Waals surface area contributed by atoms with E-state index < -0.39 is 0 Å². The third-order valence-corrected chi connectivity index (χ3v) is 6.20. The molecule has 0 bridgehead atoms. The van der Waals surface area contributed by atoms with Crippen LogP contribution in [-0.4, -0.2) is 32.0 Å². The third-order valence-electron chi connectivity index (χ3n) is 6.20. The summed E-state index contributed by atoms with van der Waals surface area (Å²) >= 11 is 0. The predicted molar refractivity (Wildman–Crippen MR) is 135 cm³/mol. The van der Waals surface area contributed by atoms with E-state index in [1.165, 1.54) is 22.5 Å². The number of ketones is 1. The number of anilines is 2. The summed E-state index contributed by atoms with van der Waals surface area (Å²) in [6.07, 6.45) is 6.44. The van der Waals surface area contributed by atoms with E-state index in [9.17, 15) is 4.79 Å². The number of carbonyl (C=O) groups excluding carboxylic acids is 1. The zero-order valence-electron chi connectivity index (χ0n) is 19.5. The largest absolute Gasteiger partial charge is 0.372 e. The smallest absolute Gasteiger partial charge is 0.137 e. The molecule has 0 aliphatic heterocycles. The molecule has 1 saturated carbocycles. The standard InChI is InChI=1S/C28H36N2O/c1-5-29(6-2)26-14-9-22(10-15-26)19-24-13-18-28(31)21-25(24)20-23-11-16-27(17-12-23)30(7-3)8-4/h9-12,14-17,19-20H,5-8,13,18,21H2,1-4H3. The highest BCUT2D eigenvalue weighted by atomic mass is 16.1.